The molecule has 11 aromatic carbocycles. The fourth-order valence-electron chi connectivity index (χ4n) is 9.95. The third-order valence-corrected chi connectivity index (χ3v) is 14.2. The first-order valence-corrected chi connectivity index (χ1v) is 22.4. The van der Waals surface area contributed by atoms with Gasteiger partial charge in [0.2, 0.25) is 0 Å². The van der Waals surface area contributed by atoms with Crippen LogP contribution in [0, 0.1) is 0 Å². The van der Waals surface area contributed by atoms with Crippen LogP contribution in [0.3, 0.4) is 0 Å². The highest BCUT2D eigenvalue weighted by Gasteiger charge is 2.20. The number of fused-ring (bicyclic) bond motifs is 11. The molecule has 13 aromatic rings. The first kappa shape index (κ1) is 35.7. The van der Waals surface area contributed by atoms with Crippen LogP contribution >= 0.6 is 11.3 Å². The van der Waals surface area contributed by atoms with Gasteiger partial charge in [-0.15, -0.1) is 11.3 Å². The van der Waals surface area contributed by atoms with Gasteiger partial charge in [-0.2, -0.15) is 0 Å². The molecule has 63 heavy (non-hydrogen) atoms. The summed E-state index contributed by atoms with van der Waals surface area (Å²) < 4.78 is 4.99. The molecule has 0 aliphatic heterocycles. The number of thiophene rings is 1. The fraction of sp³-hybridized carbons (Fsp3) is 0. The molecule has 0 aliphatic rings. The highest BCUT2D eigenvalue weighted by atomic mass is 32.1. The van der Waals surface area contributed by atoms with Gasteiger partial charge in [0.25, 0.3) is 0 Å². The Bertz CT molecular complexity index is 3870. The second-order valence-electron chi connectivity index (χ2n) is 16.5. The minimum absolute atomic E-state index is 1.11. The van der Waals surface area contributed by atoms with Crippen molar-refractivity contribution in [2.24, 2.45) is 0 Å². The van der Waals surface area contributed by atoms with E-state index in [4.69, 9.17) is 0 Å². The second-order valence-corrected chi connectivity index (χ2v) is 17.5. The first-order valence-electron chi connectivity index (χ1n) is 21.6. The van der Waals surface area contributed by atoms with Gasteiger partial charge in [-0.25, -0.2) is 0 Å². The number of para-hydroxylation sites is 2. The highest BCUT2D eigenvalue weighted by Crippen LogP contribution is 2.47. The zero-order valence-corrected chi connectivity index (χ0v) is 35.1. The van der Waals surface area contributed by atoms with E-state index < -0.39 is 0 Å². The van der Waals surface area contributed by atoms with Crippen molar-refractivity contribution in [3.8, 4) is 27.9 Å². The van der Waals surface area contributed by atoms with Crippen molar-refractivity contribution in [2.45, 2.75) is 0 Å². The lowest BCUT2D eigenvalue weighted by atomic mass is 9.97. The molecular formula is C60H38N2S. The molecule has 0 unspecified atom stereocenters. The SMILES string of the molecule is c1cc(-c2ccc3ccc4ccccc4c3c2)cc(N(c2ccc(-c3cccc(-n4c5ccccc5c5ccccc54)c3)cc2)c2cccc3c2sc2c4ccccc4ccc32)c1. The zero-order chi connectivity index (χ0) is 41.4. The van der Waals surface area contributed by atoms with Crippen molar-refractivity contribution < 1.29 is 0 Å². The molecule has 13 rings (SSSR count). The predicted octanol–water partition coefficient (Wildman–Crippen LogP) is 17.4. The fourth-order valence-corrected chi connectivity index (χ4v) is 11.3. The van der Waals surface area contributed by atoms with Crippen molar-refractivity contribution in [1.29, 1.82) is 0 Å². The monoisotopic (exact) mass is 818 g/mol. The number of anilines is 3. The van der Waals surface area contributed by atoms with E-state index in [1.807, 2.05) is 11.3 Å². The van der Waals surface area contributed by atoms with Crippen LogP contribution in [0.5, 0.6) is 0 Å². The van der Waals surface area contributed by atoms with Crippen LogP contribution in [-0.2, 0) is 0 Å². The average molecular weight is 819 g/mol. The van der Waals surface area contributed by atoms with Gasteiger partial charge in [0.05, 0.1) is 21.4 Å². The Kier molecular flexibility index (Phi) is 8.12. The quantitative estimate of drug-likeness (QED) is 0.152. The predicted molar refractivity (Wildman–Crippen MR) is 272 cm³/mol. The van der Waals surface area contributed by atoms with Crippen LogP contribution in [0.15, 0.2) is 231 Å². The summed E-state index contributed by atoms with van der Waals surface area (Å²) in [6.07, 6.45) is 0. The summed E-state index contributed by atoms with van der Waals surface area (Å²) in [6.45, 7) is 0. The molecule has 0 spiro atoms. The standard InChI is InChI=1S/C60H38N2S/c1-3-18-49-40(12-1)26-27-42-28-29-45(38-55(42)49)44-15-10-16-47(37-44)61(58-25-11-22-53-54-35-32-41-13-2-4-19-50(41)59(54)63-60(53)58)46-33-30-39(31-34-46)43-14-9-17-48(36-43)62-56-23-7-5-20-51(56)52-21-6-8-24-57(52)62/h1-38H. The average Bonchev–Trinajstić information content (AvgIpc) is 3.91. The van der Waals surface area contributed by atoms with Crippen molar-refractivity contribution in [2.75, 3.05) is 4.90 Å². The topological polar surface area (TPSA) is 8.17 Å². The van der Waals surface area contributed by atoms with Crippen molar-refractivity contribution in [3.63, 3.8) is 0 Å². The van der Waals surface area contributed by atoms with Crippen molar-refractivity contribution >= 4 is 103 Å². The third-order valence-electron chi connectivity index (χ3n) is 12.9. The number of nitrogens with zero attached hydrogens (tertiary/aromatic N) is 2. The molecule has 0 saturated heterocycles. The van der Waals surface area contributed by atoms with Crippen LogP contribution in [-0.4, -0.2) is 4.57 Å². The first-order chi connectivity index (χ1) is 31.2. The molecule has 0 amide bonds. The number of aromatic nitrogens is 1. The van der Waals surface area contributed by atoms with E-state index in [1.54, 1.807) is 0 Å². The van der Waals surface area contributed by atoms with E-state index >= 15 is 0 Å². The van der Waals surface area contributed by atoms with E-state index in [9.17, 15) is 0 Å². The third kappa shape index (κ3) is 5.78. The summed E-state index contributed by atoms with van der Waals surface area (Å²) in [5.74, 6) is 0. The molecule has 3 heteroatoms. The van der Waals surface area contributed by atoms with Gasteiger partial charge in [0, 0.05) is 43.3 Å². The Hall–Kier alpha value is -7.98. The van der Waals surface area contributed by atoms with E-state index in [-0.39, 0.29) is 0 Å². The lowest BCUT2D eigenvalue weighted by molar-refractivity contribution is 1.18. The summed E-state index contributed by atoms with van der Waals surface area (Å²) >= 11 is 1.90. The Morgan fingerprint density at radius 1 is 0.302 bits per heavy atom. The maximum absolute atomic E-state index is 2.46. The summed E-state index contributed by atoms with van der Waals surface area (Å²) in [7, 11) is 0. The minimum atomic E-state index is 1.11. The summed E-state index contributed by atoms with van der Waals surface area (Å²) in [6, 6.07) is 84.7. The van der Waals surface area contributed by atoms with Gasteiger partial charge in [0.15, 0.2) is 0 Å². The van der Waals surface area contributed by atoms with E-state index in [2.05, 4.69) is 240 Å². The molecule has 0 aliphatic carbocycles. The Morgan fingerprint density at radius 3 is 1.62 bits per heavy atom. The van der Waals surface area contributed by atoms with E-state index in [1.165, 1.54) is 102 Å². The molecule has 0 radical (unpaired) electrons. The normalized spacial score (nSPS) is 11.8. The molecule has 0 atom stereocenters. The van der Waals surface area contributed by atoms with Crippen LogP contribution < -0.4 is 4.90 Å². The van der Waals surface area contributed by atoms with Gasteiger partial charge in [-0.3, -0.25) is 0 Å². The number of rotatable bonds is 6. The minimum Gasteiger partial charge on any atom is -0.309 e. The Balaban J connectivity index is 0.963. The van der Waals surface area contributed by atoms with Gasteiger partial charge in [0.1, 0.15) is 0 Å². The molecule has 0 bridgehead atoms. The maximum Gasteiger partial charge on any atom is 0.0640 e. The van der Waals surface area contributed by atoms with E-state index in [0.29, 0.717) is 0 Å². The number of benzene rings is 11. The molecule has 0 saturated carbocycles. The largest absolute Gasteiger partial charge is 0.309 e. The molecule has 0 fully saturated rings. The summed E-state index contributed by atoms with van der Waals surface area (Å²) in [5, 5.41) is 12.7. The molecular weight excluding hydrogens is 781 g/mol. The van der Waals surface area contributed by atoms with Gasteiger partial charge in [-0.1, -0.05) is 170 Å². The summed E-state index contributed by atoms with van der Waals surface area (Å²) in [5.41, 5.74) is 11.7. The Labute approximate surface area is 368 Å². The Morgan fingerprint density at radius 2 is 0.841 bits per heavy atom. The number of hydrogen-bond donors (Lipinski definition) is 0. The van der Waals surface area contributed by atoms with Gasteiger partial charge >= 0.3 is 0 Å². The molecule has 2 heterocycles. The van der Waals surface area contributed by atoms with E-state index in [0.717, 1.165) is 17.1 Å². The van der Waals surface area contributed by atoms with Crippen LogP contribution in [0.25, 0.3) is 102 Å². The van der Waals surface area contributed by atoms with Crippen LogP contribution in [0.1, 0.15) is 0 Å². The molecule has 2 aromatic heterocycles. The lowest BCUT2D eigenvalue weighted by Crippen LogP contribution is -2.10. The highest BCUT2D eigenvalue weighted by molar-refractivity contribution is 7.27. The smallest absolute Gasteiger partial charge is 0.0640 e. The summed E-state index contributed by atoms with van der Waals surface area (Å²) in [4.78, 5) is 2.46. The van der Waals surface area contributed by atoms with Gasteiger partial charge in [-0.05, 0) is 115 Å². The van der Waals surface area contributed by atoms with Crippen LogP contribution in [0.2, 0.25) is 0 Å². The zero-order valence-electron chi connectivity index (χ0n) is 34.2. The maximum atomic E-state index is 2.46. The molecule has 294 valence electrons. The van der Waals surface area contributed by atoms with Crippen LogP contribution in [0.4, 0.5) is 17.1 Å². The second kappa shape index (κ2) is 14.3. The molecule has 2 nitrogen and oxygen atoms in total. The lowest BCUT2D eigenvalue weighted by Gasteiger charge is -2.27. The molecule has 0 N–H and O–H groups in total. The number of hydrogen-bond acceptors (Lipinski definition) is 2. The van der Waals surface area contributed by atoms with Gasteiger partial charge < -0.3 is 9.47 Å². The van der Waals surface area contributed by atoms with Crippen molar-refractivity contribution in [1.82, 2.24) is 4.57 Å². The van der Waals surface area contributed by atoms with Crippen molar-refractivity contribution in [3.05, 3.63) is 231 Å².